The van der Waals surface area contributed by atoms with Crippen molar-refractivity contribution in [3.63, 3.8) is 0 Å². The molecular weight excluding hydrogens is 507 g/mol. The first kappa shape index (κ1) is 30.3. The molecule has 0 aliphatic heterocycles. The number of halogens is 3. The van der Waals surface area contributed by atoms with E-state index in [-0.39, 0.29) is 25.5 Å². The maximum atomic E-state index is 13.8. The fourth-order valence-electron chi connectivity index (χ4n) is 5.12. The molecule has 0 atom stereocenters. The number of esters is 1. The van der Waals surface area contributed by atoms with E-state index in [4.69, 9.17) is 9.47 Å². The number of methoxy groups -OCH3 is 1. The Morgan fingerprint density at radius 2 is 1.82 bits per heavy atom. The molecule has 2 aromatic rings. The average molecular weight is 548 g/mol. The van der Waals surface area contributed by atoms with Crippen molar-refractivity contribution in [1.29, 1.82) is 0 Å². The fourth-order valence-corrected chi connectivity index (χ4v) is 5.12. The van der Waals surface area contributed by atoms with E-state index in [1.807, 2.05) is 11.8 Å². The van der Waals surface area contributed by atoms with Gasteiger partial charge in [-0.25, -0.2) is 0 Å². The lowest BCUT2D eigenvalue weighted by molar-refractivity contribution is -0.142. The van der Waals surface area contributed by atoms with Crippen LogP contribution in [0.25, 0.3) is 11.1 Å². The second kappa shape index (κ2) is 14.2. The molecule has 1 saturated carbocycles. The molecule has 6 nitrogen and oxygen atoms in total. The van der Waals surface area contributed by atoms with Gasteiger partial charge in [0.05, 0.1) is 25.7 Å². The number of hydrogen-bond acceptors (Lipinski definition) is 4. The highest BCUT2D eigenvalue weighted by Gasteiger charge is 2.31. The number of nitrogens with zero attached hydrogens (tertiary/aromatic N) is 2. The molecule has 0 unspecified atom stereocenters. The highest BCUT2D eigenvalue weighted by molar-refractivity contribution is 5.81. The van der Waals surface area contributed by atoms with Crippen LogP contribution in [0.1, 0.15) is 62.6 Å². The lowest BCUT2D eigenvalue weighted by atomic mass is 9.89. The van der Waals surface area contributed by atoms with Gasteiger partial charge in [-0.2, -0.15) is 13.2 Å². The Labute approximate surface area is 229 Å². The minimum absolute atomic E-state index is 0.0552. The zero-order valence-corrected chi connectivity index (χ0v) is 23.4. The van der Waals surface area contributed by atoms with E-state index in [1.54, 1.807) is 32.2 Å². The van der Waals surface area contributed by atoms with Gasteiger partial charge in [-0.05, 0) is 73.6 Å². The number of aliphatic imine (C=N–C) groups is 1. The summed E-state index contributed by atoms with van der Waals surface area (Å²) in [7, 11) is 3.21. The molecule has 9 heteroatoms. The Morgan fingerprint density at radius 3 is 2.44 bits per heavy atom. The van der Waals surface area contributed by atoms with E-state index in [2.05, 4.69) is 10.3 Å². The molecule has 1 N–H and O–H groups in total. The van der Waals surface area contributed by atoms with Crippen molar-refractivity contribution in [3.05, 3.63) is 53.1 Å². The number of benzene rings is 2. The number of ether oxygens (including phenoxy) is 2. The van der Waals surface area contributed by atoms with Gasteiger partial charge in [-0.1, -0.05) is 31.4 Å². The van der Waals surface area contributed by atoms with Gasteiger partial charge in [-0.15, -0.1) is 0 Å². The molecule has 0 saturated heterocycles. The van der Waals surface area contributed by atoms with E-state index in [0.29, 0.717) is 46.4 Å². The molecule has 1 aliphatic carbocycles. The van der Waals surface area contributed by atoms with Crippen molar-refractivity contribution in [2.75, 3.05) is 33.9 Å². The lowest BCUT2D eigenvalue weighted by Gasteiger charge is -2.29. The summed E-state index contributed by atoms with van der Waals surface area (Å²) >= 11 is 0. The van der Waals surface area contributed by atoms with Crippen molar-refractivity contribution in [2.45, 2.75) is 65.1 Å². The molecule has 1 fully saturated rings. The molecule has 0 bridgehead atoms. The summed E-state index contributed by atoms with van der Waals surface area (Å²) < 4.78 is 52.0. The number of rotatable bonds is 10. The van der Waals surface area contributed by atoms with Gasteiger partial charge in [0.1, 0.15) is 5.75 Å². The first-order chi connectivity index (χ1) is 18.7. The third kappa shape index (κ3) is 8.38. The molecule has 39 heavy (non-hydrogen) atoms. The van der Waals surface area contributed by atoms with Crippen molar-refractivity contribution in [1.82, 2.24) is 10.2 Å². The van der Waals surface area contributed by atoms with E-state index >= 15 is 0 Å². The number of hydrogen-bond donors (Lipinski definition) is 1. The van der Waals surface area contributed by atoms with E-state index in [1.165, 1.54) is 51.3 Å². The summed E-state index contributed by atoms with van der Waals surface area (Å²) in [4.78, 5) is 18.5. The summed E-state index contributed by atoms with van der Waals surface area (Å²) in [6.45, 7) is 5.53. The molecule has 1 aliphatic rings. The Morgan fingerprint density at radius 1 is 1.08 bits per heavy atom. The van der Waals surface area contributed by atoms with Gasteiger partial charge >= 0.3 is 12.1 Å². The lowest BCUT2D eigenvalue weighted by Crippen LogP contribution is -2.43. The molecule has 2 aromatic carbocycles. The van der Waals surface area contributed by atoms with Gasteiger partial charge in [0.2, 0.25) is 0 Å². The molecule has 0 heterocycles. The van der Waals surface area contributed by atoms with Crippen LogP contribution in [0, 0.1) is 5.92 Å². The van der Waals surface area contributed by atoms with Gasteiger partial charge in [-0.3, -0.25) is 9.79 Å². The van der Waals surface area contributed by atoms with Crippen LogP contribution in [0.3, 0.4) is 0 Å². The summed E-state index contributed by atoms with van der Waals surface area (Å²) in [5, 5.41) is 3.46. The fraction of sp³-hybridized carbons (Fsp3) is 0.533. The van der Waals surface area contributed by atoms with E-state index < -0.39 is 11.7 Å². The van der Waals surface area contributed by atoms with Crippen LogP contribution in [-0.4, -0.2) is 50.7 Å². The molecule has 214 valence electrons. The largest absolute Gasteiger partial charge is 0.496 e. The highest BCUT2D eigenvalue weighted by atomic mass is 19.4. The number of alkyl halides is 3. The first-order valence-electron chi connectivity index (χ1n) is 13.7. The van der Waals surface area contributed by atoms with Crippen molar-refractivity contribution in [3.8, 4) is 16.9 Å². The van der Waals surface area contributed by atoms with Crippen molar-refractivity contribution in [2.24, 2.45) is 10.9 Å². The Bertz CT molecular complexity index is 1130. The first-order valence-corrected chi connectivity index (χ1v) is 13.7. The molecular formula is C30H40F3N3O3. The maximum Gasteiger partial charge on any atom is 0.416 e. The standard InChI is InChI=1S/C30H40F3N3O3/c1-5-36(29(34-3)35-19-21-10-8-7-9-11-21)20-23-18-24(30(31,32)33)13-14-25(23)26-16-22(12-15-27(26)38-4)17-28(37)39-6-2/h12-16,18,21H,5-11,17,19-20H2,1-4H3,(H,34,35). The Balaban J connectivity index is 1.98. The molecule has 0 spiro atoms. The summed E-state index contributed by atoms with van der Waals surface area (Å²) in [5.74, 6) is 1.37. The second-order valence-corrected chi connectivity index (χ2v) is 9.83. The van der Waals surface area contributed by atoms with E-state index in [9.17, 15) is 18.0 Å². The van der Waals surface area contributed by atoms with Crippen molar-refractivity contribution < 1.29 is 27.4 Å². The summed E-state index contributed by atoms with van der Waals surface area (Å²) in [6.07, 6.45) is 1.65. The molecule has 0 amide bonds. The predicted octanol–water partition coefficient (Wildman–Crippen LogP) is 6.46. The van der Waals surface area contributed by atoms with Crippen LogP contribution in [-0.2, 0) is 28.7 Å². The van der Waals surface area contributed by atoms with Gasteiger partial charge in [0.15, 0.2) is 5.96 Å². The zero-order chi connectivity index (χ0) is 28.4. The number of carbonyl (C=O) groups is 1. The third-order valence-corrected chi connectivity index (χ3v) is 7.17. The maximum absolute atomic E-state index is 13.8. The van der Waals surface area contributed by atoms with Crippen LogP contribution in [0.5, 0.6) is 5.75 Å². The zero-order valence-electron chi connectivity index (χ0n) is 23.4. The van der Waals surface area contributed by atoms with Crippen LogP contribution >= 0.6 is 0 Å². The van der Waals surface area contributed by atoms with E-state index in [0.717, 1.165) is 12.6 Å². The Kier molecular flexibility index (Phi) is 11.1. The van der Waals surface area contributed by atoms with Crippen LogP contribution in [0.15, 0.2) is 41.4 Å². The second-order valence-electron chi connectivity index (χ2n) is 9.83. The van der Waals surface area contributed by atoms with Crippen LogP contribution in [0.4, 0.5) is 13.2 Å². The minimum Gasteiger partial charge on any atom is -0.496 e. The number of nitrogens with one attached hydrogen (secondary N) is 1. The topological polar surface area (TPSA) is 63.2 Å². The molecule has 0 radical (unpaired) electrons. The summed E-state index contributed by atoms with van der Waals surface area (Å²) in [5.41, 5.74) is 1.67. The SMILES string of the molecule is CCOC(=O)Cc1ccc(OC)c(-c2ccc(C(F)(F)F)cc2CN(CC)C(=NC)NCC2CCCCC2)c1. The quantitative estimate of drug-likeness (QED) is 0.210. The number of carbonyl (C=O) groups excluding carboxylic acids is 1. The smallest absolute Gasteiger partial charge is 0.416 e. The predicted molar refractivity (Wildman–Crippen MR) is 148 cm³/mol. The molecule has 0 aromatic heterocycles. The van der Waals surface area contributed by atoms with Crippen LogP contribution < -0.4 is 10.1 Å². The van der Waals surface area contributed by atoms with Crippen LogP contribution in [0.2, 0.25) is 0 Å². The highest BCUT2D eigenvalue weighted by Crippen LogP contribution is 2.38. The normalized spacial score (nSPS) is 14.7. The average Bonchev–Trinajstić information content (AvgIpc) is 2.92. The summed E-state index contributed by atoms with van der Waals surface area (Å²) in [6, 6.07) is 9.04. The minimum atomic E-state index is -4.49. The van der Waals surface area contributed by atoms with Gasteiger partial charge in [0.25, 0.3) is 0 Å². The van der Waals surface area contributed by atoms with Crippen molar-refractivity contribution >= 4 is 11.9 Å². The van der Waals surface area contributed by atoms with Gasteiger partial charge < -0.3 is 19.7 Å². The third-order valence-electron chi connectivity index (χ3n) is 7.17. The molecule has 3 rings (SSSR count). The monoisotopic (exact) mass is 547 g/mol. The van der Waals surface area contributed by atoms with Gasteiger partial charge in [0, 0.05) is 32.2 Å². The number of guanidine groups is 1. The Hall–Kier alpha value is -3.23.